The van der Waals surface area contributed by atoms with E-state index in [1.54, 1.807) is 0 Å². The normalized spacial score (nSPS) is 32.6. The summed E-state index contributed by atoms with van der Waals surface area (Å²) in [5.41, 5.74) is 1.27. The van der Waals surface area contributed by atoms with Crippen molar-refractivity contribution in [2.75, 3.05) is 13.2 Å². The van der Waals surface area contributed by atoms with Crippen molar-refractivity contribution in [1.29, 1.82) is 0 Å². The van der Waals surface area contributed by atoms with Crippen LogP contribution in [-0.2, 0) is 0 Å². The number of piperidine rings is 1. The van der Waals surface area contributed by atoms with Crippen LogP contribution in [0.15, 0.2) is 30.3 Å². The van der Waals surface area contributed by atoms with E-state index in [1.807, 2.05) is 0 Å². The molecule has 2 aliphatic rings. The first-order valence-electron chi connectivity index (χ1n) is 8.23. The summed E-state index contributed by atoms with van der Waals surface area (Å²) in [4.78, 5) is 2.61. The largest absolute Gasteiger partial charge is 0.394 e. The maximum absolute atomic E-state index is 9.95. The van der Waals surface area contributed by atoms with Gasteiger partial charge in [0.2, 0.25) is 0 Å². The summed E-state index contributed by atoms with van der Waals surface area (Å²) in [6, 6.07) is 11.4. The highest BCUT2D eigenvalue weighted by atomic mass is 16.3. The van der Waals surface area contributed by atoms with Gasteiger partial charge in [0.05, 0.1) is 12.6 Å². The predicted molar refractivity (Wildman–Crippen MR) is 82.5 cm³/mol. The van der Waals surface area contributed by atoms with Gasteiger partial charge in [0, 0.05) is 6.04 Å². The number of hydrogen-bond donors (Lipinski definition) is 1. The average Bonchev–Trinajstić information content (AvgIpc) is 2.50. The third kappa shape index (κ3) is 2.64. The standard InChI is InChI=1S/C18H27NO/c1-14-7-5-11-17-16(14)10-6-12-19(17)18(13-20)15-8-3-2-4-9-15/h2-4,8-9,14,16-18,20H,5-7,10-13H2,1H3/t14-,16+,17-,18+/m1/s1. The Morgan fingerprint density at radius 1 is 1.15 bits per heavy atom. The molecule has 1 aromatic carbocycles. The zero-order valence-electron chi connectivity index (χ0n) is 12.5. The monoisotopic (exact) mass is 273 g/mol. The number of nitrogens with zero attached hydrogens (tertiary/aromatic N) is 1. The van der Waals surface area contributed by atoms with Gasteiger partial charge >= 0.3 is 0 Å². The highest BCUT2D eigenvalue weighted by Gasteiger charge is 2.39. The fourth-order valence-electron chi connectivity index (χ4n) is 4.48. The van der Waals surface area contributed by atoms with Crippen LogP contribution < -0.4 is 0 Å². The van der Waals surface area contributed by atoms with E-state index in [9.17, 15) is 5.11 Å². The summed E-state index contributed by atoms with van der Waals surface area (Å²) in [6.07, 6.45) is 6.73. The maximum Gasteiger partial charge on any atom is 0.0628 e. The van der Waals surface area contributed by atoms with Gasteiger partial charge in [-0.05, 0) is 43.2 Å². The SMILES string of the molecule is C[C@@H]1CCC[C@@H]2[C@H]1CCCN2[C@@H](CO)c1ccccc1. The fourth-order valence-corrected chi connectivity index (χ4v) is 4.48. The van der Waals surface area contributed by atoms with Gasteiger partial charge in [-0.3, -0.25) is 4.90 Å². The Morgan fingerprint density at radius 2 is 1.95 bits per heavy atom. The number of aliphatic hydroxyl groups excluding tert-OH is 1. The van der Waals surface area contributed by atoms with E-state index in [-0.39, 0.29) is 12.6 Å². The molecule has 0 amide bonds. The second-order valence-electron chi connectivity index (χ2n) is 6.63. The first-order valence-corrected chi connectivity index (χ1v) is 8.23. The Bertz CT molecular complexity index is 419. The molecule has 110 valence electrons. The minimum atomic E-state index is 0.189. The summed E-state index contributed by atoms with van der Waals surface area (Å²) >= 11 is 0. The van der Waals surface area contributed by atoms with E-state index >= 15 is 0 Å². The first kappa shape index (κ1) is 14.1. The van der Waals surface area contributed by atoms with E-state index in [2.05, 4.69) is 42.2 Å². The Labute approximate surface area is 122 Å². The fraction of sp³-hybridized carbons (Fsp3) is 0.667. The third-order valence-electron chi connectivity index (χ3n) is 5.52. The van der Waals surface area contributed by atoms with Crippen molar-refractivity contribution in [2.24, 2.45) is 11.8 Å². The van der Waals surface area contributed by atoms with Crippen LogP contribution >= 0.6 is 0 Å². The third-order valence-corrected chi connectivity index (χ3v) is 5.52. The second-order valence-corrected chi connectivity index (χ2v) is 6.63. The van der Waals surface area contributed by atoms with Gasteiger partial charge in [-0.1, -0.05) is 50.1 Å². The molecule has 0 unspecified atom stereocenters. The van der Waals surface area contributed by atoms with Crippen LogP contribution in [0.25, 0.3) is 0 Å². The zero-order chi connectivity index (χ0) is 13.9. The van der Waals surface area contributed by atoms with Gasteiger partial charge in [-0.25, -0.2) is 0 Å². The molecule has 1 saturated heterocycles. The minimum absolute atomic E-state index is 0.189. The van der Waals surface area contributed by atoms with E-state index in [1.165, 1.54) is 37.7 Å². The van der Waals surface area contributed by atoms with Gasteiger partial charge in [0.15, 0.2) is 0 Å². The van der Waals surface area contributed by atoms with Crippen molar-refractivity contribution in [3.8, 4) is 0 Å². The van der Waals surface area contributed by atoms with Crippen LogP contribution in [-0.4, -0.2) is 29.2 Å². The summed E-state index contributed by atoms with van der Waals surface area (Å²) in [5, 5.41) is 9.95. The van der Waals surface area contributed by atoms with Crippen molar-refractivity contribution in [1.82, 2.24) is 4.90 Å². The number of likely N-dealkylation sites (tertiary alicyclic amines) is 1. The number of fused-ring (bicyclic) bond motifs is 1. The van der Waals surface area contributed by atoms with Gasteiger partial charge < -0.3 is 5.11 Å². The molecule has 1 N–H and O–H groups in total. The molecule has 1 saturated carbocycles. The molecule has 2 heteroatoms. The molecule has 2 nitrogen and oxygen atoms in total. The van der Waals surface area contributed by atoms with E-state index in [4.69, 9.17) is 0 Å². The van der Waals surface area contributed by atoms with Crippen LogP contribution in [0.1, 0.15) is 50.6 Å². The summed E-state index contributed by atoms with van der Waals surface area (Å²) in [7, 11) is 0. The molecule has 1 aliphatic carbocycles. The molecule has 4 atom stereocenters. The Morgan fingerprint density at radius 3 is 2.70 bits per heavy atom. The molecule has 1 heterocycles. The molecule has 20 heavy (non-hydrogen) atoms. The van der Waals surface area contributed by atoms with Crippen molar-refractivity contribution in [3.05, 3.63) is 35.9 Å². The lowest BCUT2D eigenvalue weighted by atomic mass is 9.71. The molecular formula is C18H27NO. The van der Waals surface area contributed by atoms with Crippen LogP contribution in [0.4, 0.5) is 0 Å². The Kier molecular flexibility index (Phi) is 4.42. The smallest absolute Gasteiger partial charge is 0.0628 e. The predicted octanol–water partition coefficient (Wildman–Crippen LogP) is 3.62. The maximum atomic E-state index is 9.95. The number of rotatable bonds is 3. The van der Waals surface area contributed by atoms with E-state index in [0.29, 0.717) is 6.04 Å². The highest BCUT2D eigenvalue weighted by molar-refractivity contribution is 5.19. The number of benzene rings is 1. The van der Waals surface area contributed by atoms with Gasteiger partial charge in [0.1, 0.15) is 0 Å². The van der Waals surface area contributed by atoms with Gasteiger partial charge in [-0.2, -0.15) is 0 Å². The summed E-state index contributed by atoms with van der Waals surface area (Å²) in [6.45, 7) is 3.81. The van der Waals surface area contributed by atoms with E-state index < -0.39 is 0 Å². The second kappa shape index (κ2) is 6.28. The molecule has 3 rings (SSSR count). The first-order chi connectivity index (χ1) is 9.81. The molecule has 0 spiro atoms. The molecule has 2 fully saturated rings. The highest BCUT2D eigenvalue weighted by Crippen LogP contribution is 2.42. The average molecular weight is 273 g/mol. The Hall–Kier alpha value is -0.860. The molecule has 0 radical (unpaired) electrons. The van der Waals surface area contributed by atoms with Crippen molar-refractivity contribution in [2.45, 2.75) is 51.1 Å². The van der Waals surface area contributed by atoms with Crippen molar-refractivity contribution in [3.63, 3.8) is 0 Å². The lowest BCUT2D eigenvalue weighted by Gasteiger charge is -2.49. The van der Waals surface area contributed by atoms with Crippen molar-refractivity contribution < 1.29 is 5.11 Å². The van der Waals surface area contributed by atoms with Crippen LogP contribution in [0.5, 0.6) is 0 Å². The van der Waals surface area contributed by atoms with Gasteiger partial charge in [0.25, 0.3) is 0 Å². The minimum Gasteiger partial charge on any atom is -0.394 e. The summed E-state index contributed by atoms with van der Waals surface area (Å²) in [5.74, 6) is 1.70. The molecule has 0 bridgehead atoms. The molecule has 1 aromatic rings. The molecule has 1 aliphatic heterocycles. The Balaban J connectivity index is 1.83. The lowest BCUT2D eigenvalue weighted by Crippen LogP contribution is -2.51. The van der Waals surface area contributed by atoms with Crippen LogP contribution in [0, 0.1) is 11.8 Å². The summed E-state index contributed by atoms with van der Waals surface area (Å²) < 4.78 is 0. The molecular weight excluding hydrogens is 246 g/mol. The van der Waals surface area contributed by atoms with E-state index in [0.717, 1.165) is 18.4 Å². The number of hydrogen-bond acceptors (Lipinski definition) is 2. The van der Waals surface area contributed by atoms with Gasteiger partial charge in [-0.15, -0.1) is 0 Å². The molecule has 0 aromatic heterocycles. The quantitative estimate of drug-likeness (QED) is 0.909. The topological polar surface area (TPSA) is 23.5 Å². The van der Waals surface area contributed by atoms with Crippen molar-refractivity contribution >= 4 is 0 Å². The number of aliphatic hydroxyl groups is 1. The zero-order valence-corrected chi connectivity index (χ0v) is 12.5. The van der Waals surface area contributed by atoms with Crippen LogP contribution in [0.3, 0.4) is 0 Å². The van der Waals surface area contributed by atoms with Crippen LogP contribution in [0.2, 0.25) is 0 Å². The lowest BCUT2D eigenvalue weighted by molar-refractivity contribution is -0.0149.